The third-order valence-corrected chi connectivity index (χ3v) is 4.05. The van der Waals surface area contributed by atoms with Gasteiger partial charge < -0.3 is 24.3 Å². The Morgan fingerprint density at radius 2 is 1.58 bits per heavy atom. The molecular weight excluding hydrogens is 310 g/mol. The fraction of sp³-hybridized carbons (Fsp3) is 0.278. The van der Waals surface area contributed by atoms with Crippen LogP contribution in [0, 0.1) is 0 Å². The SMILES string of the molecule is C[C@H](NC(=O)c1ccc2c(c1)OCCO2)c1ccc2c(c1)OCO2. The zero-order valence-corrected chi connectivity index (χ0v) is 13.2. The Labute approximate surface area is 139 Å². The zero-order chi connectivity index (χ0) is 16.5. The molecule has 0 saturated heterocycles. The van der Waals surface area contributed by atoms with Crippen LogP contribution in [0.15, 0.2) is 36.4 Å². The van der Waals surface area contributed by atoms with Crippen molar-refractivity contribution in [1.29, 1.82) is 0 Å². The second kappa shape index (κ2) is 5.96. The summed E-state index contributed by atoms with van der Waals surface area (Å²) in [6.45, 7) is 3.18. The van der Waals surface area contributed by atoms with Gasteiger partial charge in [0.25, 0.3) is 5.91 Å². The number of rotatable bonds is 3. The van der Waals surface area contributed by atoms with E-state index in [1.807, 2.05) is 25.1 Å². The Balaban J connectivity index is 1.49. The van der Waals surface area contributed by atoms with Crippen LogP contribution in [-0.2, 0) is 0 Å². The molecular formula is C18H17NO5. The highest BCUT2D eigenvalue weighted by Crippen LogP contribution is 2.34. The van der Waals surface area contributed by atoms with Gasteiger partial charge in [-0.15, -0.1) is 0 Å². The molecule has 2 aliphatic heterocycles. The summed E-state index contributed by atoms with van der Waals surface area (Å²) in [4.78, 5) is 12.5. The van der Waals surface area contributed by atoms with Gasteiger partial charge in [0, 0.05) is 5.56 Å². The van der Waals surface area contributed by atoms with E-state index in [0.717, 1.165) is 11.3 Å². The molecule has 0 radical (unpaired) electrons. The lowest BCUT2D eigenvalue weighted by molar-refractivity contribution is 0.0938. The average molecular weight is 327 g/mol. The number of hydrogen-bond acceptors (Lipinski definition) is 5. The van der Waals surface area contributed by atoms with Crippen LogP contribution < -0.4 is 24.3 Å². The molecule has 2 aromatic carbocycles. The van der Waals surface area contributed by atoms with Crippen molar-refractivity contribution >= 4 is 5.91 Å². The minimum atomic E-state index is -0.169. The standard InChI is InChI=1S/C18H17NO5/c1-11(12-2-4-15-17(8-12)24-10-23-15)19-18(20)13-3-5-14-16(9-13)22-7-6-21-14/h2-5,8-9,11H,6-7,10H2,1H3,(H,19,20)/t11-/m0/s1. The highest BCUT2D eigenvalue weighted by Gasteiger charge is 2.19. The van der Waals surface area contributed by atoms with E-state index in [1.54, 1.807) is 18.2 Å². The van der Waals surface area contributed by atoms with Gasteiger partial charge in [-0.3, -0.25) is 4.79 Å². The van der Waals surface area contributed by atoms with Gasteiger partial charge in [0.15, 0.2) is 23.0 Å². The largest absolute Gasteiger partial charge is 0.486 e. The second-order valence-electron chi connectivity index (χ2n) is 5.67. The molecule has 0 spiro atoms. The van der Waals surface area contributed by atoms with E-state index >= 15 is 0 Å². The van der Waals surface area contributed by atoms with Crippen LogP contribution in [0.3, 0.4) is 0 Å². The first-order chi connectivity index (χ1) is 11.7. The van der Waals surface area contributed by atoms with Crippen LogP contribution >= 0.6 is 0 Å². The molecule has 6 nitrogen and oxygen atoms in total. The van der Waals surface area contributed by atoms with E-state index in [2.05, 4.69) is 5.32 Å². The summed E-state index contributed by atoms with van der Waals surface area (Å²) in [6.07, 6.45) is 0. The van der Waals surface area contributed by atoms with Crippen molar-refractivity contribution in [3.63, 3.8) is 0 Å². The van der Waals surface area contributed by atoms with Gasteiger partial charge in [-0.05, 0) is 42.8 Å². The maximum Gasteiger partial charge on any atom is 0.251 e. The topological polar surface area (TPSA) is 66.0 Å². The number of nitrogens with one attached hydrogen (secondary N) is 1. The molecule has 0 aliphatic carbocycles. The minimum absolute atomic E-state index is 0.166. The van der Waals surface area contributed by atoms with Gasteiger partial charge in [0.2, 0.25) is 6.79 Å². The smallest absolute Gasteiger partial charge is 0.251 e. The molecule has 0 bridgehead atoms. The molecule has 0 aromatic heterocycles. The van der Waals surface area contributed by atoms with Crippen molar-refractivity contribution in [3.8, 4) is 23.0 Å². The summed E-state index contributed by atoms with van der Waals surface area (Å²) in [7, 11) is 0. The van der Waals surface area contributed by atoms with E-state index < -0.39 is 0 Å². The highest BCUT2D eigenvalue weighted by atomic mass is 16.7. The Kier molecular flexibility index (Phi) is 3.65. The lowest BCUT2D eigenvalue weighted by atomic mass is 10.1. The van der Waals surface area contributed by atoms with E-state index in [9.17, 15) is 4.79 Å². The number of amides is 1. The first-order valence-electron chi connectivity index (χ1n) is 7.81. The Bertz CT molecular complexity index is 789. The first-order valence-corrected chi connectivity index (χ1v) is 7.81. The van der Waals surface area contributed by atoms with Crippen molar-refractivity contribution < 1.29 is 23.7 Å². The molecule has 0 unspecified atom stereocenters. The van der Waals surface area contributed by atoms with Crippen molar-refractivity contribution in [2.24, 2.45) is 0 Å². The predicted molar refractivity (Wildman–Crippen MR) is 85.9 cm³/mol. The summed E-state index contributed by atoms with van der Waals surface area (Å²) in [5.41, 5.74) is 1.48. The maximum atomic E-state index is 12.5. The molecule has 1 amide bonds. The van der Waals surface area contributed by atoms with E-state index in [4.69, 9.17) is 18.9 Å². The van der Waals surface area contributed by atoms with E-state index in [1.165, 1.54) is 0 Å². The predicted octanol–water partition coefficient (Wildman–Crippen LogP) is 2.68. The van der Waals surface area contributed by atoms with Crippen LogP contribution in [0.4, 0.5) is 0 Å². The molecule has 2 heterocycles. The number of fused-ring (bicyclic) bond motifs is 2. The van der Waals surface area contributed by atoms with Crippen molar-refractivity contribution in [3.05, 3.63) is 47.5 Å². The lowest BCUT2D eigenvalue weighted by Crippen LogP contribution is -2.27. The van der Waals surface area contributed by atoms with Gasteiger partial charge in [-0.25, -0.2) is 0 Å². The van der Waals surface area contributed by atoms with Crippen molar-refractivity contribution in [2.45, 2.75) is 13.0 Å². The fourth-order valence-corrected chi connectivity index (χ4v) is 2.73. The third kappa shape index (κ3) is 2.71. The molecule has 2 aromatic rings. The highest BCUT2D eigenvalue weighted by molar-refractivity contribution is 5.95. The second-order valence-corrected chi connectivity index (χ2v) is 5.67. The molecule has 2 aliphatic rings. The first kappa shape index (κ1) is 14.7. The van der Waals surface area contributed by atoms with Gasteiger partial charge in [-0.2, -0.15) is 0 Å². The van der Waals surface area contributed by atoms with Crippen LogP contribution in [0.25, 0.3) is 0 Å². The van der Waals surface area contributed by atoms with Crippen LogP contribution in [-0.4, -0.2) is 25.9 Å². The monoisotopic (exact) mass is 327 g/mol. The average Bonchev–Trinajstić information content (AvgIpc) is 3.08. The number of hydrogen-bond donors (Lipinski definition) is 1. The maximum absolute atomic E-state index is 12.5. The normalized spacial score (nSPS) is 15.7. The Morgan fingerprint density at radius 3 is 2.46 bits per heavy atom. The molecule has 1 N–H and O–H groups in total. The van der Waals surface area contributed by atoms with Crippen LogP contribution in [0.2, 0.25) is 0 Å². The summed E-state index contributed by atoms with van der Waals surface area (Å²) in [6, 6.07) is 10.7. The molecule has 4 rings (SSSR count). The van der Waals surface area contributed by atoms with Gasteiger partial charge in [-0.1, -0.05) is 6.07 Å². The van der Waals surface area contributed by atoms with Crippen LogP contribution in [0.1, 0.15) is 28.9 Å². The fourth-order valence-electron chi connectivity index (χ4n) is 2.73. The number of carbonyl (C=O) groups is 1. The zero-order valence-electron chi connectivity index (χ0n) is 13.2. The number of ether oxygens (including phenoxy) is 4. The summed E-state index contributed by atoms with van der Waals surface area (Å²) in [5, 5.41) is 2.98. The van der Waals surface area contributed by atoms with Gasteiger partial charge >= 0.3 is 0 Å². The Hall–Kier alpha value is -2.89. The molecule has 1 atom stereocenters. The molecule has 124 valence electrons. The summed E-state index contributed by atoms with van der Waals surface area (Å²) < 4.78 is 21.7. The summed E-state index contributed by atoms with van der Waals surface area (Å²) in [5.74, 6) is 2.53. The molecule has 24 heavy (non-hydrogen) atoms. The summed E-state index contributed by atoms with van der Waals surface area (Å²) >= 11 is 0. The number of benzene rings is 2. The molecule has 6 heteroatoms. The van der Waals surface area contributed by atoms with Crippen molar-refractivity contribution in [1.82, 2.24) is 5.32 Å². The molecule has 0 saturated carbocycles. The quantitative estimate of drug-likeness (QED) is 0.939. The van der Waals surface area contributed by atoms with Gasteiger partial charge in [0.1, 0.15) is 13.2 Å². The number of carbonyl (C=O) groups excluding carboxylic acids is 1. The van der Waals surface area contributed by atoms with Gasteiger partial charge in [0.05, 0.1) is 6.04 Å². The van der Waals surface area contributed by atoms with E-state index in [0.29, 0.717) is 36.0 Å². The third-order valence-electron chi connectivity index (χ3n) is 4.05. The Morgan fingerprint density at radius 1 is 0.917 bits per heavy atom. The molecule has 0 fully saturated rings. The van der Waals surface area contributed by atoms with E-state index in [-0.39, 0.29) is 18.7 Å². The van der Waals surface area contributed by atoms with Crippen LogP contribution in [0.5, 0.6) is 23.0 Å². The minimum Gasteiger partial charge on any atom is -0.486 e. The van der Waals surface area contributed by atoms with Crippen molar-refractivity contribution in [2.75, 3.05) is 20.0 Å². The lowest BCUT2D eigenvalue weighted by Gasteiger charge is -2.19.